The van der Waals surface area contributed by atoms with Gasteiger partial charge in [0.25, 0.3) is 0 Å². The zero-order chi connectivity index (χ0) is 25.8. The number of hydrogen-bond acceptors (Lipinski definition) is 7. The van der Waals surface area contributed by atoms with Crippen LogP contribution in [-0.2, 0) is 10.9 Å². The summed E-state index contributed by atoms with van der Waals surface area (Å²) in [4.78, 5) is 16.3. The molecule has 0 atom stereocenters. The summed E-state index contributed by atoms with van der Waals surface area (Å²) in [7, 11) is -2.62. The first-order chi connectivity index (χ1) is 18.0. The third kappa shape index (κ3) is 6.05. The molecule has 0 spiro atoms. The van der Waals surface area contributed by atoms with Crippen LogP contribution in [0.2, 0.25) is 10.0 Å². The Morgan fingerprint density at radius 2 is 1.62 bits per heavy atom. The Bertz CT molecular complexity index is 1440. The molecule has 1 fully saturated rings. The second kappa shape index (κ2) is 11.7. The number of thiol groups is 1. The van der Waals surface area contributed by atoms with E-state index in [0.29, 0.717) is 51.2 Å². The van der Waals surface area contributed by atoms with Crippen LogP contribution in [0, 0.1) is 11.8 Å². The molecule has 2 aromatic carbocycles. The lowest BCUT2D eigenvalue weighted by molar-refractivity contribution is 0.274. The molecule has 3 N–H and O–H groups in total. The van der Waals surface area contributed by atoms with Gasteiger partial charge in [0.05, 0.1) is 5.02 Å². The van der Waals surface area contributed by atoms with E-state index in [1.165, 1.54) is 0 Å². The summed E-state index contributed by atoms with van der Waals surface area (Å²) < 4.78 is 23.3. The molecule has 37 heavy (non-hydrogen) atoms. The minimum atomic E-state index is -2.62. The van der Waals surface area contributed by atoms with Gasteiger partial charge in [-0.05, 0) is 73.9 Å². The molecule has 4 aromatic rings. The number of fused-ring (bicyclic) bond motifs is 1. The first kappa shape index (κ1) is 25.9. The van der Waals surface area contributed by atoms with Gasteiger partial charge in [-0.2, -0.15) is 4.83 Å². The zero-order valence-corrected chi connectivity index (χ0v) is 22.3. The van der Waals surface area contributed by atoms with Crippen LogP contribution in [0.4, 0.5) is 5.82 Å². The molecule has 1 aliphatic rings. The minimum absolute atomic E-state index is 0.456. The average Bonchev–Trinajstić information content (AvgIpc) is 3.29. The lowest BCUT2D eigenvalue weighted by Gasteiger charge is -2.28. The molecule has 9 nitrogen and oxygen atoms in total. The van der Waals surface area contributed by atoms with Crippen molar-refractivity contribution < 1.29 is 8.42 Å². The van der Waals surface area contributed by atoms with Gasteiger partial charge in [-0.3, -0.25) is 4.57 Å². The number of imidazole rings is 1. The third-order valence-electron chi connectivity index (χ3n) is 6.73. The number of anilines is 1. The Labute approximate surface area is 226 Å². The highest BCUT2D eigenvalue weighted by molar-refractivity contribution is 7.70. The molecule has 12 heteroatoms. The third-order valence-corrected chi connectivity index (χ3v) is 7.65. The fourth-order valence-electron chi connectivity index (χ4n) is 4.81. The van der Waals surface area contributed by atoms with Crippen LogP contribution in [-0.4, -0.2) is 41.0 Å². The van der Waals surface area contributed by atoms with E-state index in [1.54, 1.807) is 6.33 Å². The topological polar surface area (TPSA) is 114 Å². The monoisotopic (exact) mass is 559 g/mol. The second-order valence-electron chi connectivity index (χ2n) is 9.14. The molecule has 0 saturated heterocycles. The first-order valence-electron chi connectivity index (χ1n) is 12.1. The van der Waals surface area contributed by atoms with E-state index in [0.717, 1.165) is 43.5 Å². The van der Waals surface area contributed by atoms with E-state index in [2.05, 4.69) is 25.5 Å². The predicted octanol–water partition coefficient (Wildman–Crippen LogP) is 4.63. The summed E-state index contributed by atoms with van der Waals surface area (Å²) in [6.45, 7) is 1.41. The van der Waals surface area contributed by atoms with Gasteiger partial charge < -0.3 is 5.32 Å². The number of aromatic nitrogens is 4. The number of nitrogens with one attached hydrogen (secondary N) is 3. The molecule has 194 valence electrons. The number of hydrogen-bond donors (Lipinski definition) is 4. The maximum Gasteiger partial charge on any atom is 0.214 e. The average molecular weight is 561 g/mol. The number of hydrazine groups is 1. The molecule has 0 bridgehead atoms. The lowest BCUT2D eigenvalue weighted by atomic mass is 9.82. The van der Waals surface area contributed by atoms with Gasteiger partial charge in [-0.1, -0.05) is 35.3 Å². The Kier molecular flexibility index (Phi) is 8.21. The van der Waals surface area contributed by atoms with Crippen molar-refractivity contribution in [3.63, 3.8) is 0 Å². The highest BCUT2D eigenvalue weighted by Crippen LogP contribution is 2.34. The Hall–Kier alpha value is -2.76. The smallest absolute Gasteiger partial charge is 0.214 e. The van der Waals surface area contributed by atoms with Crippen LogP contribution in [0.25, 0.3) is 28.2 Å². The van der Waals surface area contributed by atoms with Crippen LogP contribution in [0.15, 0.2) is 54.9 Å². The van der Waals surface area contributed by atoms with Crippen LogP contribution in [0.1, 0.15) is 25.7 Å². The van der Waals surface area contributed by atoms with Crippen molar-refractivity contribution in [2.75, 3.05) is 18.4 Å². The summed E-state index contributed by atoms with van der Waals surface area (Å²) in [6.07, 6.45) is 5.74. The van der Waals surface area contributed by atoms with Crippen molar-refractivity contribution in [3.05, 3.63) is 64.9 Å². The van der Waals surface area contributed by atoms with Gasteiger partial charge >= 0.3 is 0 Å². The zero-order valence-electron chi connectivity index (χ0n) is 19.9. The Balaban J connectivity index is 1.38. The molecular formula is C25H27Cl2N7O2S. The van der Waals surface area contributed by atoms with Crippen LogP contribution in [0.3, 0.4) is 0 Å². The summed E-state index contributed by atoms with van der Waals surface area (Å²) in [6, 6.07) is 15.1. The number of rotatable bonds is 9. The van der Waals surface area contributed by atoms with E-state index >= 15 is 0 Å². The molecule has 0 amide bonds. The molecule has 1 saturated carbocycles. The first-order valence-corrected chi connectivity index (χ1v) is 14.0. The molecule has 1 aliphatic carbocycles. The second-order valence-corrected chi connectivity index (χ2v) is 10.7. The van der Waals surface area contributed by atoms with E-state index in [1.807, 2.05) is 53.1 Å². The molecule has 0 radical (unpaired) electrons. The maximum atomic E-state index is 10.6. The fourth-order valence-corrected chi connectivity index (χ4v) is 5.38. The van der Waals surface area contributed by atoms with Crippen molar-refractivity contribution in [2.45, 2.75) is 25.7 Å². The van der Waals surface area contributed by atoms with Gasteiger partial charge in [-0.25, -0.2) is 28.8 Å². The van der Waals surface area contributed by atoms with E-state index < -0.39 is 10.9 Å². The number of nitrogens with zero attached hydrogens (tertiary/aromatic N) is 4. The van der Waals surface area contributed by atoms with Crippen molar-refractivity contribution in [1.82, 2.24) is 29.8 Å². The highest BCUT2D eigenvalue weighted by Gasteiger charge is 2.23. The maximum absolute atomic E-state index is 10.6. The number of benzene rings is 2. The van der Waals surface area contributed by atoms with Crippen molar-refractivity contribution >= 4 is 51.1 Å². The van der Waals surface area contributed by atoms with E-state index in [9.17, 15) is 8.42 Å². The molecule has 2 heterocycles. The fraction of sp³-hybridized carbons (Fsp3) is 0.320. The van der Waals surface area contributed by atoms with Crippen LogP contribution in [0.5, 0.6) is 0 Å². The number of halogens is 2. The Morgan fingerprint density at radius 1 is 0.919 bits per heavy atom. The summed E-state index contributed by atoms with van der Waals surface area (Å²) in [5.41, 5.74) is 5.79. The molecular weight excluding hydrogens is 533 g/mol. The van der Waals surface area contributed by atoms with Gasteiger partial charge in [0.15, 0.2) is 17.0 Å². The standard InChI is InChI=1S/C25H27Cl2N7O2S/c26-18-9-11-19(12-10-18)34-24(20-3-1-2-4-21(20)27)32-22-23(29-15-30-25(22)34)28-13-16-5-7-17(8-6-16)14-31-33-37(35)36/h1-4,9-12,15-17,31,37H,5-8,13-14H2,(H,28,29,30)(H,33,35,36). The summed E-state index contributed by atoms with van der Waals surface area (Å²) >= 11 is 12.7. The van der Waals surface area contributed by atoms with E-state index in [4.69, 9.17) is 28.2 Å². The van der Waals surface area contributed by atoms with Crippen LogP contribution < -0.4 is 15.6 Å². The molecule has 0 unspecified atom stereocenters. The highest BCUT2D eigenvalue weighted by atomic mass is 35.5. The lowest BCUT2D eigenvalue weighted by Crippen LogP contribution is -2.36. The van der Waals surface area contributed by atoms with Gasteiger partial charge in [0.2, 0.25) is 10.9 Å². The van der Waals surface area contributed by atoms with Crippen molar-refractivity contribution in [2.24, 2.45) is 11.8 Å². The van der Waals surface area contributed by atoms with Crippen molar-refractivity contribution in [3.8, 4) is 17.1 Å². The molecule has 5 rings (SSSR count). The largest absolute Gasteiger partial charge is 0.368 e. The van der Waals surface area contributed by atoms with E-state index in [-0.39, 0.29) is 0 Å². The SMILES string of the molecule is O=[SH](=O)NNCC1CCC(CNc2ncnc3c2nc(-c2ccccc2Cl)n3-c2ccc(Cl)cc2)CC1. The summed E-state index contributed by atoms with van der Waals surface area (Å²) in [5.74, 6) is 2.30. The Morgan fingerprint density at radius 3 is 2.32 bits per heavy atom. The predicted molar refractivity (Wildman–Crippen MR) is 148 cm³/mol. The van der Waals surface area contributed by atoms with Crippen LogP contribution >= 0.6 is 23.2 Å². The molecule has 0 aliphatic heterocycles. The quantitative estimate of drug-likeness (QED) is 0.174. The minimum Gasteiger partial charge on any atom is -0.368 e. The normalized spacial score (nSPS) is 17.9. The van der Waals surface area contributed by atoms with Gasteiger partial charge in [-0.15, -0.1) is 0 Å². The molecule has 2 aromatic heterocycles. The summed E-state index contributed by atoms with van der Waals surface area (Å²) in [5, 5.41) is 4.75. The van der Waals surface area contributed by atoms with Gasteiger partial charge in [0.1, 0.15) is 12.2 Å². The van der Waals surface area contributed by atoms with Crippen molar-refractivity contribution in [1.29, 1.82) is 0 Å². The van der Waals surface area contributed by atoms with Gasteiger partial charge in [0, 0.05) is 29.4 Å².